The summed E-state index contributed by atoms with van der Waals surface area (Å²) in [5, 5.41) is 0. The van der Waals surface area contributed by atoms with E-state index in [1.807, 2.05) is 12.1 Å². The number of nitrogens with one attached hydrogen (secondary N) is 1. The van der Waals surface area contributed by atoms with E-state index in [0.29, 0.717) is 11.4 Å². The van der Waals surface area contributed by atoms with Crippen LogP contribution in [-0.4, -0.2) is 30.5 Å². The molecule has 0 unspecified atom stereocenters. The molecule has 0 aliphatic carbocycles. The van der Waals surface area contributed by atoms with E-state index in [-0.39, 0.29) is 15.9 Å². The van der Waals surface area contributed by atoms with E-state index < -0.39 is 21.1 Å². The second-order valence-electron chi connectivity index (χ2n) is 6.34. The number of thiazole rings is 1. The third-order valence-electron chi connectivity index (χ3n) is 3.73. The number of aromatic nitrogens is 3. The monoisotopic (exact) mass is 393 g/mol. The molecule has 7 nitrogen and oxygen atoms in total. The Balaban J connectivity index is 2.03. The number of benzene rings is 1. The second-order valence-corrected chi connectivity index (χ2v) is 9.50. The van der Waals surface area contributed by atoms with Crippen LogP contribution in [0.4, 0.5) is 0 Å². The van der Waals surface area contributed by atoms with E-state index >= 15 is 0 Å². The lowest BCUT2D eigenvalue weighted by Gasteiger charge is -2.06. The summed E-state index contributed by atoms with van der Waals surface area (Å²) in [5.74, 6) is 0.0979. The van der Waals surface area contributed by atoms with Crippen LogP contribution in [0.5, 0.6) is 5.88 Å². The molecule has 0 atom stereocenters. The number of aromatic amines is 1. The lowest BCUT2D eigenvalue weighted by atomic mass is 10.0. The van der Waals surface area contributed by atoms with Crippen molar-refractivity contribution < 1.29 is 13.2 Å². The van der Waals surface area contributed by atoms with Crippen molar-refractivity contribution >= 4 is 31.4 Å². The fraction of sp³-hybridized carbons (Fsp3) is 0.353. The van der Waals surface area contributed by atoms with Gasteiger partial charge in [-0.3, -0.25) is 4.79 Å². The maximum absolute atomic E-state index is 12.8. The van der Waals surface area contributed by atoms with Crippen molar-refractivity contribution in [1.29, 1.82) is 0 Å². The van der Waals surface area contributed by atoms with Crippen LogP contribution in [0.1, 0.15) is 25.1 Å². The highest BCUT2D eigenvalue weighted by Gasteiger charge is 2.24. The number of H-pyrrole nitrogens is 1. The van der Waals surface area contributed by atoms with Gasteiger partial charge in [0.2, 0.25) is 20.1 Å². The van der Waals surface area contributed by atoms with Crippen LogP contribution < -0.4 is 10.3 Å². The molecule has 3 aromatic rings. The summed E-state index contributed by atoms with van der Waals surface area (Å²) >= 11 is 1.16. The number of methoxy groups -OCH3 is 1. The molecule has 0 bridgehead atoms. The zero-order valence-electron chi connectivity index (χ0n) is 14.6. The molecule has 138 valence electrons. The van der Waals surface area contributed by atoms with Gasteiger partial charge in [-0.1, -0.05) is 26.0 Å². The second kappa shape index (κ2) is 7.16. The number of hydrogen-bond donors (Lipinski definition) is 1. The van der Waals surface area contributed by atoms with Gasteiger partial charge in [-0.15, -0.1) is 11.3 Å². The normalized spacial score (nSPS) is 12.0. The smallest absolute Gasteiger partial charge is 0.266 e. The summed E-state index contributed by atoms with van der Waals surface area (Å²) in [6.07, 6.45) is 1.90. The Hall–Kier alpha value is -2.26. The molecule has 0 radical (unpaired) electrons. The van der Waals surface area contributed by atoms with Gasteiger partial charge in [-0.25, -0.2) is 18.4 Å². The van der Waals surface area contributed by atoms with Crippen molar-refractivity contribution in [2.24, 2.45) is 5.92 Å². The van der Waals surface area contributed by atoms with E-state index in [9.17, 15) is 13.2 Å². The molecule has 9 heteroatoms. The minimum atomic E-state index is -3.75. The standard InChI is InChI=1S/C17H19N3O4S2/c1-10(2)7-11-5-4-6-12-15(11)25-17(20-12)26(22,23)9-13-16(24-3)18-8-14(21)19-13/h4-6,8,10H,7,9H2,1-3H3,(H,19,21). The van der Waals surface area contributed by atoms with Gasteiger partial charge in [0.25, 0.3) is 5.56 Å². The summed E-state index contributed by atoms with van der Waals surface area (Å²) in [5.41, 5.74) is 1.38. The molecule has 0 amide bonds. The van der Waals surface area contributed by atoms with Crippen molar-refractivity contribution in [3.63, 3.8) is 0 Å². The first-order valence-corrected chi connectivity index (χ1v) is 10.5. The third kappa shape index (κ3) is 3.78. The molecule has 1 aromatic carbocycles. The predicted molar refractivity (Wildman–Crippen MR) is 100 cm³/mol. The van der Waals surface area contributed by atoms with E-state index in [4.69, 9.17) is 4.74 Å². The van der Waals surface area contributed by atoms with Crippen LogP contribution in [0.3, 0.4) is 0 Å². The van der Waals surface area contributed by atoms with Gasteiger partial charge in [0, 0.05) is 0 Å². The predicted octanol–water partition coefficient (Wildman–Crippen LogP) is 2.56. The number of fused-ring (bicyclic) bond motifs is 1. The average Bonchev–Trinajstić information content (AvgIpc) is 3.00. The Morgan fingerprint density at radius 3 is 2.77 bits per heavy atom. The van der Waals surface area contributed by atoms with Gasteiger partial charge in [-0.05, 0) is 24.0 Å². The van der Waals surface area contributed by atoms with Gasteiger partial charge in [0.1, 0.15) is 5.75 Å². The van der Waals surface area contributed by atoms with Crippen molar-refractivity contribution in [3.05, 3.63) is 46.0 Å². The number of rotatable bonds is 6. The maximum atomic E-state index is 12.8. The Morgan fingerprint density at radius 2 is 2.08 bits per heavy atom. The van der Waals surface area contributed by atoms with Crippen molar-refractivity contribution in [3.8, 4) is 5.88 Å². The number of hydrogen-bond acceptors (Lipinski definition) is 7. The van der Waals surface area contributed by atoms with E-state index in [1.165, 1.54) is 7.11 Å². The lowest BCUT2D eigenvalue weighted by Crippen LogP contribution is -2.15. The molecule has 0 aliphatic rings. The van der Waals surface area contributed by atoms with Gasteiger partial charge < -0.3 is 9.72 Å². The first-order valence-electron chi connectivity index (χ1n) is 8.03. The molecule has 0 saturated heterocycles. The van der Waals surface area contributed by atoms with Crippen LogP contribution in [0.15, 0.2) is 33.5 Å². The van der Waals surface area contributed by atoms with Crippen LogP contribution >= 0.6 is 11.3 Å². The Bertz CT molecular complexity index is 1100. The van der Waals surface area contributed by atoms with Crippen LogP contribution in [0, 0.1) is 5.92 Å². The highest BCUT2D eigenvalue weighted by atomic mass is 32.2. The van der Waals surface area contributed by atoms with Crippen LogP contribution in [0.2, 0.25) is 0 Å². The minimum Gasteiger partial charge on any atom is -0.480 e. The van der Waals surface area contributed by atoms with E-state index in [1.54, 1.807) is 6.07 Å². The molecular formula is C17H19N3O4S2. The molecule has 2 heterocycles. The molecule has 1 N–H and O–H groups in total. The summed E-state index contributed by atoms with van der Waals surface area (Å²) in [6.45, 7) is 4.23. The quantitative estimate of drug-likeness (QED) is 0.690. The zero-order chi connectivity index (χ0) is 18.9. The van der Waals surface area contributed by atoms with E-state index in [0.717, 1.165) is 34.2 Å². The number of nitrogens with zero attached hydrogens (tertiary/aromatic N) is 2. The Kier molecular flexibility index (Phi) is 5.10. The summed E-state index contributed by atoms with van der Waals surface area (Å²) in [4.78, 5) is 22.1. The SMILES string of the molecule is COc1ncc(=O)[nH]c1CS(=O)(=O)c1nc2cccc(CC(C)C)c2s1. The summed E-state index contributed by atoms with van der Waals surface area (Å²) in [7, 11) is -2.38. The van der Waals surface area contributed by atoms with Crippen molar-refractivity contribution in [2.45, 2.75) is 30.4 Å². The molecule has 0 saturated carbocycles. The minimum absolute atomic E-state index is 0.0236. The van der Waals surface area contributed by atoms with Gasteiger partial charge in [0.05, 0.1) is 29.2 Å². The van der Waals surface area contributed by atoms with Gasteiger partial charge >= 0.3 is 0 Å². The van der Waals surface area contributed by atoms with Gasteiger partial charge in [0.15, 0.2) is 0 Å². The molecule has 26 heavy (non-hydrogen) atoms. The molecule has 3 rings (SSSR count). The fourth-order valence-electron chi connectivity index (χ4n) is 2.67. The van der Waals surface area contributed by atoms with Gasteiger partial charge in [-0.2, -0.15) is 0 Å². The molecular weight excluding hydrogens is 374 g/mol. The molecule has 0 spiro atoms. The molecule has 0 fully saturated rings. The van der Waals surface area contributed by atoms with Crippen LogP contribution in [-0.2, 0) is 22.0 Å². The average molecular weight is 393 g/mol. The highest BCUT2D eigenvalue weighted by Crippen LogP contribution is 2.31. The molecule has 2 aromatic heterocycles. The van der Waals surface area contributed by atoms with E-state index in [2.05, 4.69) is 28.8 Å². The molecule has 0 aliphatic heterocycles. The summed E-state index contributed by atoms with van der Waals surface area (Å²) in [6, 6.07) is 5.69. The summed E-state index contributed by atoms with van der Waals surface area (Å²) < 4.78 is 31.6. The first kappa shape index (κ1) is 18.5. The first-order chi connectivity index (χ1) is 12.3. The lowest BCUT2D eigenvalue weighted by molar-refractivity contribution is 0.390. The third-order valence-corrected chi connectivity index (χ3v) is 6.98. The van der Waals surface area contributed by atoms with Crippen molar-refractivity contribution in [2.75, 3.05) is 7.11 Å². The van der Waals surface area contributed by atoms with Crippen molar-refractivity contribution in [1.82, 2.24) is 15.0 Å². The number of ether oxygens (including phenoxy) is 1. The van der Waals surface area contributed by atoms with Crippen LogP contribution in [0.25, 0.3) is 10.2 Å². The fourth-order valence-corrected chi connectivity index (χ4v) is 5.36. The largest absolute Gasteiger partial charge is 0.480 e. The topological polar surface area (TPSA) is 102 Å². The number of sulfone groups is 1. The highest BCUT2D eigenvalue weighted by molar-refractivity contribution is 7.92. The Labute approximate surface area is 155 Å². The maximum Gasteiger partial charge on any atom is 0.266 e. The Morgan fingerprint density at radius 1 is 1.31 bits per heavy atom. The zero-order valence-corrected chi connectivity index (χ0v) is 16.3.